The Balaban J connectivity index is 1.69. The first-order valence-electron chi connectivity index (χ1n) is 9.88. The average Bonchev–Trinajstić information content (AvgIpc) is 2.68. The van der Waals surface area contributed by atoms with Crippen molar-refractivity contribution >= 4 is 5.91 Å². The predicted molar refractivity (Wildman–Crippen MR) is 107 cm³/mol. The van der Waals surface area contributed by atoms with Gasteiger partial charge in [-0.25, -0.2) is 0 Å². The molecule has 0 spiro atoms. The van der Waals surface area contributed by atoms with Gasteiger partial charge in [-0.3, -0.25) is 9.69 Å². The first-order chi connectivity index (χ1) is 12.8. The van der Waals surface area contributed by atoms with E-state index in [0.717, 1.165) is 39.0 Å². The molecule has 3 heteroatoms. The molecule has 0 unspecified atom stereocenters. The minimum absolute atomic E-state index is 0.0132. The summed E-state index contributed by atoms with van der Waals surface area (Å²) in [6, 6.07) is 20.9. The highest BCUT2D eigenvalue weighted by Crippen LogP contribution is 2.21. The van der Waals surface area contributed by atoms with Gasteiger partial charge in [0.1, 0.15) is 0 Å². The molecule has 1 aliphatic heterocycles. The van der Waals surface area contributed by atoms with Crippen molar-refractivity contribution in [2.45, 2.75) is 51.7 Å². The number of carbonyl (C=O) groups is 1. The Morgan fingerprint density at radius 3 is 2.08 bits per heavy atom. The molecule has 1 atom stereocenters. The van der Waals surface area contributed by atoms with E-state index in [4.69, 9.17) is 0 Å². The lowest BCUT2D eigenvalue weighted by Gasteiger charge is -2.41. The van der Waals surface area contributed by atoms with Gasteiger partial charge >= 0.3 is 0 Å². The number of hydrogen-bond acceptors (Lipinski definition) is 2. The topological polar surface area (TPSA) is 23.6 Å². The number of piperazine rings is 1. The van der Waals surface area contributed by atoms with E-state index in [9.17, 15) is 4.79 Å². The van der Waals surface area contributed by atoms with Crippen LogP contribution in [0.4, 0.5) is 0 Å². The fourth-order valence-corrected chi connectivity index (χ4v) is 3.74. The molecule has 1 saturated heterocycles. The third-order valence-electron chi connectivity index (χ3n) is 5.22. The summed E-state index contributed by atoms with van der Waals surface area (Å²) in [5.74, 6) is 0.298. The van der Waals surface area contributed by atoms with Crippen molar-refractivity contribution in [3.8, 4) is 0 Å². The van der Waals surface area contributed by atoms with Crippen LogP contribution in [0.1, 0.15) is 43.7 Å². The molecule has 1 heterocycles. The molecule has 3 rings (SSSR count). The predicted octanol–water partition coefficient (Wildman–Crippen LogP) is 4.48. The molecule has 3 nitrogen and oxygen atoms in total. The van der Waals surface area contributed by atoms with Gasteiger partial charge in [-0.05, 0) is 17.5 Å². The van der Waals surface area contributed by atoms with Crippen molar-refractivity contribution in [2.75, 3.05) is 13.1 Å². The van der Waals surface area contributed by atoms with Crippen LogP contribution in [-0.4, -0.2) is 34.8 Å². The van der Waals surface area contributed by atoms with Crippen LogP contribution in [0.3, 0.4) is 0 Å². The van der Waals surface area contributed by atoms with E-state index in [2.05, 4.69) is 48.2 Å². The molecule has 0 aliphatic carbocycles. The fraction of sp³-hybridized carbons (Fsp3) is 0.435. The third kappa shape index (κ3) is 4.95. The molecule has 26 heavy (non-hydrogen) atoms. The zero-order valence-electron chi connectivity index (χ0n) is 15.8. The maximum absolute atomic E-state index is 13.2. The molecule has 2 aromatic rings. The summed E-state index contributed by atoms with van der Waals surface area (Å²) < 4.78 is 0. The fourth-order valence-electron chi connectivity index (χ4n) is 3.74. The smallest absolute Gasteiger partial charge is 0.240 e. The van der Waals surface area contributed by atoms with Crippen molar-refractivity contribution in [3.05, 3.63) is 71.8 Å². The summed E-state index contributed by atoms with van der Waals surface area (Å²) in [5, 5.41) is 0. The molecule has 0 aromatic heterocycles. The van der Waals surface area contributed by atoms with Crippen LogP contribution in [0.25, 0.3) is 0 Å². The van der Waals surface area contributed by atoms with E-state index in [-0.39, 0.29) is 6.04 Å². The zero-order chi connectivity index (χ0) is 18.2. The highest BCUT2D eigenvalue weighted by molar-refractivity contribution is 5.82. The van der Waals surface area contributed by atoms with E-state index in [1.54, 1.807) is 0 Å². The molecule has 1 aliphatic rings. The molecule has 0 N–H and O–H groups in total. The minimum atomic E-state index is 0.0132. The molecule has 0 saturated carbocycles. The van der Waals surface area contributed by atoms with Crippen LogP contribution < -0.4 is 0 Å². The van der Waals surface area contributed by atoms with Gasteiger partial charge in [0.25, 0.3) is 0 Å². The van der Waals surface area contributed by atoms with Crippen LogP contribution in [0.15, 0.2) is 60.7 Å². The largest absolute Gasteiger partial charge is 0.336 e. The van der Waals surface area contributed by atoms with Gasteiger partial charge in [-0.1, -0.05) is 86.8 Å². The summed E-state index contributed by atoms with van der Waals surface area (Å²) in [7, 11) is 0. The van der Waals surface area contributed by atoms with Gasteiger partial charge in [-0.15, -0.1) is 0 Å². The lowest BCUT2D eigenvalue weighted by atomic mass is 10.0. The van der Waals surface area contributed by atoms with Crippen molar-refractivity contribution in [1.82, 2.24) is 9.80 Å². The first-order valence-corrected chi connectivity index (χ1v) is 9.88. The van der Waals surface area contributed by atoms with Gasteiger partial charge in [0.15, 0.2) is 0 Å². The van der Waals surface area contributed by atoms with Gasteiger partial charge < -0.3 is 4.90 Å². The highest BCUT2D eigenvalue weighted by atomic mass is 16.2. The summed E-state index contributed by atoms with van der Waals surface area (Å²) in [5.41, 5.74) is 2.50. The summed E-state index contributed by atoms with van der Waals surface area (Å²) >= 11 is 0. The number of hydrogen-bond donors (Lipinski definition) is 0. The lowest BCUT2D eigenvalue weighted by molar-refractivity contribution is -0.143. The molecule has 2 aromatic carbocycles. The maximum atomic E-state index is 13.2. The zero-order valence-corrected chi connectivity index (χ0v) is 15.8. The average molecular weight is 351 g/mol. The number of nitrogens with zero attached hydrogens (tertiary/aromatic N) is 2. The Bertz CT molecular complexity index is 671. The van der Waals surface area contributed by atoms with Crippen LogP contribution in [0.2, 0.25) is 0 Å². The van der Waals surface area contributed by atoms with Crippen molar-refractivity contribution < 1.29 is 4.79 Å². The number of unbranched alkanes of at least 4 members (excludes halogenated alkanes) is 2. The van der Waals surface area contributed by atoms with Gasteiger partial charge in [-0.2, -0.15) is 0 Å². The van der Waals surface area contributed by atoms with E-state index < -0.39 is 0 Å². The summed E-state index contributed by atoms with van der Waals surface area (Å²) in [6.07, 6.45) is 4.47. The second kappa shape index (κ2) is 9.54. The van der Waals surface area contributed by atoms with Crippen LogP contribution in [-0.2, 0) is 17.9 Å². The third-order valence-corrected chi connectivity index (χ3v) is 5.22. The molecule has 138 valence electrons. The molecule has 1 amide bonds. The van der Waals surface area contributed by atoms with E-state index in [0.29, 0.717) is 5.91 Å². The Hall–Kier alpha value is -2.13. The van der Waals surface area contributed by atoms with E-state index in [1.165, 1.54) is 24.0 Å². The molecular weight excluding hydrogens is 320 g/mol. The SMILES string of the molecule is CCCCC[C@H]1C(=O)N(Cc2ccccc2)CCN1Cc1ccccc1. The number of benzene rings is 2. The second-order valence-electron chi connectivity index (χ2n) is 7.21. The lowest BCUT2D eigenvalue weighted by Crippen LogP contribution is -2.56. The minimum Gasteiger partial charge on any atom is -0.336 e. The van der Waals surface area contributed by atoms with Crippen molar-refractivity contribution in [1.29, 1.82) is 0 Å². The molecule has 0 bridgehead atoms. The second-order valence-corrected chi connectivity index (χ2v) is 7.21. The van der Waals surface area contributed by atoms with Crippen LogP contribution in [0.5, 0.6) is 0 Å². The molecule has 1 fully saturated rings. The molecule has 0 radical (unpaired) electrons. The monoisotopic (exact) mass is 350 g/mol. The van der Waals surface area contributed by atoms with Crippen LogP contribution >= 0.6 is 0 Å². The quantitative estimate of drug-likeness (QED) is 0.655. The van der Waals surface area contributed by atoms with Crippen molar-refractivity contribution in [3.63, 3.8) is 0 Å². The first kappa shape index (κ1) is 18.7. The Morgan fingerprint density at radius 2 is 1.46 bits per heavy atom. The summed E-state index contributed by atoms with van der Waals surface area (Å²) in [4.78, 5) is 17.6. The number of carbonyl (C=O) groups excluding carboxylic acids is 1. The van der Waals surface area contributed by atoms with Crippen molar-refractivity contribution in [2.24, 2.45) is 0 Å². The Kier molecular flexibility index (Phi) is 6.84. The standard InChI is InChI=1S/C23H30N2O/c1-2-3-6-15-22-23(26)25(19-21-13-9-5-10-14-21)17-16-24(22)18-20-11-7-4-8-12-20/h4-5,7-14,22H,2-3,6,15-19H2,1H3/t22-/m0/s1. The number of amides is 1. The summed E-state index contributed by atoms with van der Waals surface area (Å²) in [6.45, 7) is 5.56. The Morgan fingerprint density at radius 1 is 0.846 bits per heavy atom. The maximum Gasteiger partial charge on any atom is 0.240 e. The van der Waals surface area contributed by atoms with Gasteiger partial charge in [0.05, 0.1) is 6.04 Å². The Labute approximate surface area is 157 Å². The normalized spacial score (nSPS) is 18.3. The van der Waals surface area contributed by atoms with Gasteiger partial charge in [0, 0.05) is 26.2 Å². The van der Waals surface area contributed by atoms with E-state index in [1.807, 2.05) is 29.2 Å². The van der Waals surface area contributed by atoms with E-state index >= 15 is 0 Å². The highest BCUT2D eigenvalue weighted by Gasteiger charge is 2.34. The number of rotatable bonds is 8. The molecular formula is C23H30N2O. The van der Waals surface area contributed by atoms with Crippen LogP contribution in [0, 0.1) is 0 Å². The van der Waals surface area contributed by atoms with Gasteiger partial charge in [0.2, 0.25) is 5.91 Å².